The number of aromatic hydroxyl groups is 3. The van der Waals surface area contributed by atoms with E-state index in [1.807, 2.05) is 0 Å². The fraction of sp³-hybridized carbons (Fsp3) is 0. The van der Waals surface area contributed by atoms with Crippen molar-refractivity contribution in [3.8, 4) is 39.9 Å². The number of phenolic OH excluding ortho intramolecular Hbond substituents is 2. The van der Waals surface area contributed by atoms with Crippen molar-refractivity contribution in [2.24, 2.45) is 0 Å². The van der Waals surface area contributed by atoms with E-state index in [0.717, 1.165) is 6.07 Å². The normalized spacial score (nSPS) is 10.7. The van der Waals surface area contributed by atoms with Crippen LogP contribution in [0.15, 0.2) is 45.6 Å². The number of phenols is 2. The fourth-order valence-corrected chi connectivity index (χ4v) is 2.15. The first-order valence-electron chi connectivity index (χ1n) is 6.21. The minimum atomic E-state index is -0.446. The molecule has 4 N–H and O–H groups in total. The molecule has 7 nitrogen and oxygen atoms in total. The van der Waals surface area contributed by atoms with Gasteiger partial charge in [-0.25, -0.2) is 0 Å². The topological polar surface area (TPSA) is 122 Å². The van der Waals surface area contributed by atoms with Gasteiger partial charge in [-0.3, -0.25) is 4.79 Å². The third-order valence-electron chi connectivity index (χ3n) is 3.19. The number of benzene rings is 2. The van der Waals surface area contributed by atoms with Crippen molar-refractivity contribution in [2.75, 3.05) is 0 Å². The van der Waals surface area contributed by atoms with Gasteiger partial charge in [-0.05, 0) is 18.2 Å². The van der Waals surface area contributed by atoms with Gasteiger partial charge in [0.1, 0.15) is 11.5 Å². The van der Waals surface area contributed by atoms with E-state index >= 15 is 0 Å². The Labute approximate surface area is 123 Å². The second kappa shape index (κ2) is 4.88. The van der Waals surface area contributed by atoms with Crippen molar-refractivity contribution in [1.29, 1.82) is 0 Å². The minimum Gasteiger partial charge on any atom is -0.507 e. The fourth-order valence-electron chi connectivity index (χ4n) is 2.15. The van der Waals surface area contributed by atoms with Crippen LogP contribution in [0.25, 0.3) is 22.6 Å². The van der Waals surface area contributed by atoms with Crippen LogP contribution in [-0.4, -0.2) is 15.3 Å². The lowest BCUT2D eigenvalue weighted by Gasteiger charge is -2.11. The van der Waals surface area contributed by atoms with E-state index in [-0.39, 0.29) is 40.0 Å². The van der Waals surface area contributed by atoms with Crippen LogP contribution >= 0.6 is 0 Å². The molecule has 1 aliphatic heterocycles. The molecule has 1 aliphatic carbocycles. The summed E-state index contributed by atoms with van der Waals surface area (Å²) in [6.45, 7) is 0. The van der Waals surface area contributed by atoms with Gasteiger partial charge in [0.05, 0.1) is 5.56 Å². The summed E-state index contributed by atoms with van der Waals surface area (Å²) in [4.78, 5) is 22.2. The molecule has 0 atom stereocenters. The van der Waals surface area contributed by atoms with E-state index in [1.165, 1.54) is 30.3 Å². The Kier molecular flexibility index (Phi) is 3.03. The second-order valence-corrected chi connectivity index (χ2v) is 4.65. The predicted molar refractivity (Wildman–Crippen MR) is 76.0 cm³/mol. The van der Waals surface area contributed by atoms with Gasteiger partial charge in [-0.15, -0.1) is 0 Å². The molecule has 0 radical (unpaired) electrons. The average Bonchev–Trinajstić information content (AvgIpc) is 2.48. The number of hydrogen-bond acceptors (Lipinski definition) is 6. The summed E-state index contributed by atoms with van der Waals surface area (Å²) in [5.74, 6) is -0.764. The number of hydrogen-bond donors (Lipinski definition) is 4. The molecule has 0 spiro atoms. The van der Waals surface area contributed by atoms with Gasteiger partial charge in [0.25, 0.3) is 5.69 Å². The van der Waals surface area contributed by atoms with Crippen molar-refractivity contribution < 1.29 is 24.9 Å². The van der Waals surface area contributed by atoms with Gasteiger partial charge in [-0.2, -0.15) is 0 Å². The Morgan fingerprint density at radius 1 is 0.909 bits per heavy atom. The van der Waals surface area contributed by atoms with Gasteiger partial charge >= 0.3 is 0 Å². The molecule has 22 heavy (non-hydrogen) atoms. The number of nitroso groups, excluding NO2 is 1. The lowest BCUT2D eigenvalue weighted by atomic mass is 10.1. The molecule has 1 heterocycles. The first-order valence-corrected chi connectivity index (χ1v) is 6.21. The molecular formula is C15H10NO6+. The van der Waals surface area contributed by atoms with E-state index < -0.39 is 5.43 Å². The number of rotatable bonds is 2. The summed E-state index contributed by atoms with van der Waals surface area (Å²) in [5.41, 5.74) is -0.0428. The summed E-state index contributed by atoms with van der Waals surface area (Å²) >= 11 is 0. The standard InChI is InChI=1S/C15H9NO6/c17-8-4-12(19)9-6-13(20)15(22-14(9)5-8)7-1-2-11(18)10(3-7)16-21/h1-6,18-20H/p+1. The average molecular weight is 300 g/mol. The zero-order valence-electron chi connectivity index (χ0n) is 11.0. The zero-order chi connectivity index (χ0) is 15.9. The van der Waals surface area contributed by atoms with Crippen LogP contribution in [0.1, 0.15) is 0 Å². The first-order chi connectivity index (χ1) is 10.5. The molecule has 0 saturated heterocycles. The molecule has 2 aliphatic rings. The summed E-state index contributed by atoms with van der Waals surface area (Å²) in [6, 6.07) is 7.41. The molecule has 0 bridgehead atoms. The molecule has 3 rings (SSSR count). The largest absolute Gasteiger partial charge is 0.507 e. The smallest absolute Gasteiger partial charge is 0.295 e. The van der Waals surface area contributed by atoms with Crippen molar-refractivity contribution in [3.05, 3.63) is 51.5 Å². The molecule has 0 amide bonds. The Balaban J connectivity index is 2.28. The monoisotopic (exact) mass is 300 g/mol. The second-order valence-electron chi connectivity index (χ2n) is 4.65. The first kappa shape index (κ1) is 13.6. The Bertz CT molecular complexity index is 915. The van der Waals surface area contributed by atoms with Gasteiger partial charge < -0.3 is 19.7 Å². The summed E-state index contributed by atoms with van der Waals surface area (Å²) in [6.07, 6.45) is 0. The molecular weight excluding hydrogens is 290 g/mol. The molecule has 0 saturated carbocycles. The lowest BCUT2D eigenvalue weighted by Crippen LogP contribution is -2.55. The molecule has 0 aromatic heterocycles. The van der Waals surface area contributed by atoms with Crippen LogP contribution in [0.5, 0.6) is 17.2 Å². The molecule has 110 valence electrons. The molecule has 1 aromatic rings. The predicted octanol–water partition coefficient (Wildman–Crippen LogP) is 1.01. The van der Waals surface area contributed by atoms with Gasteiger partial charge in [-0.1, -0.05) is 0 Å². The lowest BCUT2D eigenvalue weighted by molar-refractivity contribution is -0.380. The number of nitrogens with one attached hydrogen (secondary N) is 1. The van der Waals surface area contributed by atoms with Crippen molar-refractivity contribution in [2.45, 2.75) is 0 Å². The van der Waals surface area contributed by atoms with Crippen LogP contribution in [0, 0.1) is 4.91 Å². The highest BCUT2D eigenvalue weighted by atomic mass is 16.4. The van der Waals surface area contributed by atoms with Gasteiger partial charge in [0.2, 0.25) is 0 Å². The Hall–Kier alpha value is -3.35. The maximum Gasteiger partial charge on any atom is 0.295 e. The van der Waals surface area contributed by atoms with E-state index in [0.29, 0.717) is 5.56 Å². The zero-order valence-corrected chi connectivity index (χ0v) is 11.0. The summed E-state index contributed by atoms with van der Waals surface area (Å²) < 4.78 is 5.46. The Morgan fingerprint density at radius 3 is 2.41 bits per heavy atom. The third-order valence-corrected chi connectivity index (χ3v) is 3.19. The summed E-state index contributed by atoms with van der Waals surface area (Å²) in [5, 5.41) is 30.8. The highest BCUT2D eigenvalue weighted by Crippen LogP contribution is 2.40. The Morgan fingerprint density at radius 2 is 1.68 bits per heavy atom. The van der Waals surface area contributed by atoms with Crippen molar-refractivity contribution in [3.63, 3.8) is 0 Å². The van der Waals surface area contributed by atoms with Gasteiger partial charge in [0, 0.05) is 33.8 Å². The summed E-state index contributed by atoms with van der Waals surface area (Å²) in [7, 11) is 0. The van der Waals surface area contributed by atoms with Gasteiger partial charge in [0.15, 0.2) is 22.7 Å². The van der Waals surface area contributed by atoms with Crippen LogP contribution < -0.4 is 10.6 Å². The SMILES string of the molecule is O=[NH+]c1cc(-c2oc3cc(=O)cc(O)c-3cc2O)ccc1O. The maximum absolute atomic E-state index is 11.4. The highest BCUT2D eigenvalue weighted by Gasteiger charge is 2.19. The van der Waals surface area contributed by atoms with Crippen LogP contribution in [0.3, 0.4) is 0 Å². The van der Waals surface area contributed by atoms with E-state index in [1.54, 1.807) is 5.18 Å². The molecule has 0 unspecified atom stereocenters. The van der Waals surface area contributed by atoms with Crippen molar-refractivity contribution >= 4 is 5.69 Å². The maximum atomic E-state index is 11.4. The molecule has 1 aromatic carbocycles. The third kappa shape index (κ3) is 2.14. The van der Waals surface area contributed by atoms with E-state index in [4.69, 9.17) is 4.42 Å². The quantitative estimate of drug-likeness (QED) is 0.524. The van der Waals surface area contributed by atoms with Crippen LogP contribution in [0.4, 0.5) is 5.69 Å². The van der Waals surface area contributed by atoms with E-state index in [2.05, 4.69) is 0 Å². The van der Waals surface area contributed by atoms with Crippen LogP contribution in [-0.2, 0) is 0 Å². The highest BCUT2D eigenvalue weighted by molar-refractivity contribution is 5.76. The number of fused-ring (bicyclic) bond motifs is 1. The molecule has 0 fully saturated rings. The molecule has 7 heteroatoms. The van der Waals surface area contributed by atoms with E-state index in [9.17, 15) is 25.0 Å². The van der Waals surface area contributed by atoms with Crippen molar-refractivity contribution in [1.82, 2.24) is 0 Å². The minimum absolute atomic E-state index is 0.00556. The van der Waals surface area contributed by atoms with Crippen LogP contribution in [0.2, 0.25) is 0 Å².